The molecule has 0 aromatic rings. The first-order chi connectivity index (χ1) is 5.92. The minimum absolute atomic E-state index is 0.333. The van der Waals surface area contributed by atoms with Gasteiger partial charge in [0.25, 0.3) is 0 Å². The molecule has 0 saturated carbocycles. The van der Waals surface area contributed by atoms with Crippen LogP contribution < -0.4 is 5.73 Å². The van der Waals surface area contributed by atoms with E-state index < -0.39 is 26.6 Å². The summed E-state index contributed by atoms with van der Waals surface area (Å²) < 4.78 is 21.8. The van der Waals surface area contributed by atoms with Crippen LogP contribution in [0.1, 0.15) is 20.3 Å². The third kappa shape index (κ3) is 2.87. The Hall–Kier alpha value is 0.260. The Balaban J connectivity index is 5.30. The molecule has 0 rings (SSSR count). The first kappa shape index (κ1) is 14.3. The van der Waals surface area contributed by atoms with Gasteiger partial charge < -0.3 is 25.3 Å². The summed E-state index contributed by atoms with van der Waals surface area (Å²) in [6, 6.07) is 0. The molecule has 0 saturated heterocycles. The van der Waals surface area contributed by atoms with Crippen LogP contribution in [0.15, 0.2) is 0 Å². The van der Waals surface area contributed by atoms with E-state index in [-0.39, 0.29) is 5.92 Å². The summed E-state index contributed by atoms with van der Waals surface area (Å²) in [5.74, 6) is -0.333. The molecule has 0 radical (unpaired) electrons. The van der Waals surface area contributed by atoms with Crippen molar-refractivity contribution in [3.63, 3.8) is 0 Å². The number of nitrogens with two attached hydrogens (primary N) is 1. The maximum Gasteiger partial charge on any atom is 0.357 e. The van der Waals surface area contributed by atoms with Crippen LogP contribution in [0.2, 0.25) is 0 Å². The lowest BCUT2D eigenvalue weighted by Crippen LogP contribution is -2.40. The van der Waals surface area contributed by atoms with Gasteiger partial charge in [0, 0.05) is 0 Å². The molecule has 0 aliphatic carbocycles. The van der Waals surface area contributed by atoms with Crippen LogP contribution >= 0.6 is 15.2 Å². The largest absolute Gasteiger partial charge is 0.357 e. The first-order valence-corrected chi connectivity index (χ1v) is 7.04. The van der Waals surface area contributed by atoms with Crippen LogP contribution in [-0.4, -0.2) is 24.6 Å². The molecule has 0 aliphatic rings. The maximum atomic E-state index is 10.9. The summed E-state index contributed by atoms with van der Waals surface area (Å²) in [6.45, 7) is 3.12. The van der Waals surface area contributed by atoms with Crippen molar-refractivity contribution in [1.82, 2.24) is 0 Å². The maximum absolute atomic E-state index is 10.9. The topological polar surface area (TPSA) is 141 Å². The molecule has 0 aliphatic heterocycles. The molecule has 86 valence electrons. The SMILES string of the molecule is CC(C)CC(N)(P(=O)(O)O)P(=O)(O)O. The van der Waals surface area contributed by atoms with Crippen molar-refractivity contribution < 1.29 is 28.7 Å². The lowest BCUT2D eigenvalue weighted by Gasteiger charge is -2.31. The van der Waals surface area contributed by atoms with Gasteiger partial charge in [-0.3, -0.25) is 9.13 Å². The summed E-state index contributed by atoms with van der Waals surface area (Å²) in [6.07, 6.45) is -0.443. The zero-order valence-electron chi connectivity index (χ0n) is 7.86. The molecule has 6 N–H and O–H groups in total. The van der Waals surface area contributed by atoms with Crippen molar-refractivity contribution in [3.8, 4) is 0 Å². The average molecular weight is 247 g/mol. The molecular weight excluding hydrogens is 232 g/mol. The molecule has 0 heterocycles. The molecule has 7 nitrogen and oxygen atoms in total. The van der Waals surface area contributed by atoms with Gasteiger partial charge in [-0.1, -0.05) is 13.8 Å². The first-order valence-electron chi connectivity index (χ1n) is 3.82. The van der Waals surface area contributed by atoms with Crippen molar-refractivity contribution in [3.05, 3.63) is 0 Å². The van der Waals surface area contributed by atoms with E-state index in [0.29, 0.717) is 0 Å². The Bertz CT molecular complexity index is 269. The van der Waals surface area contributed by atoms with Crippen LogP contribution in [0.25, 0.3) is 0 Å². The van der Waals surface area contributed by atoms with E-state index in [0.717, 1.165) is 0 Å². The Morgan fingerprint density at radius 1 is 1.14 bits per heavy atom. The third-order valence-electron chi connectivity index (χ3n) is 1.72. The number of rotatable bonds is 4. The average Bonchev–Trinajstić information content (AvgIpc) is 1.79. The highest BCUT2D eigenvalue weighted by Crippen LogP contribution is 2.67. The van der Waals surface area contributed by atoms with Gasteiger partial charge in [0.05, 0.1) is 0 Å². The summed E-state index contributed by atoms with van der Waals surface area (Å²) in [7, 11) is -10.1. The normalized spacial score (nSPS) is 14.9. The lowest BCUT2D eigenvalue weighted by molar-refractivity contribution is 0.292. The minimum atomic E-state index is -5.05. The third-order valence-corrected chi connectivity index (χ3v) is 5.66. The molecular formula is C5H15NO6P2. The Morgan fingerprint density at radius 3 is 1.50 bits per heavy atom. The van der Waals surface area contributed by atoms with Gasteiger partial charge in [0.2, 0.25) is 5.02 Å². The predicted molar refractivity (Wildman–Crippen MR) is 50.5 cm³/mol. The quantitative estimate of drug-likeness (QED) is 0.440. The smallest absolute Gasteiger partial charge is 0.323 e. The van der Waals surface area contributed by atoms with E-state index in [1.54, 1.807) is 13.8 Å². The summed E-state index contributed by atoms with van der Waals surface area (Å²) in [4.78, 5) is 35.3. The van der Waals surface area contributed by atoms with E-state index in [4.69, 9.17) is 25.3 Å². The zero-order valence-corrected chi connectivity index (χ0v) is 9.65. The monoisotopic (exact) mass is 247 g/mol. The van der Waals surface area contributed by atoms with Crippen LogP contribution in [0.4, 0.5) is 0 Å². The molecule has 0 atom stereocenters. The molecule has 14 heavy (non-hydrogen) atoms. The second-order valence-corrected chi connectivity index (χ2v) is 7.69. The highest BCUT2D eigenvalue weighted by molar-refractivity contribution is 7.72. The Morgan fingerprint density at radius 2 is 1.43 bits per heavy atom. The van der Waals surface area contributed by atoms with E-state index in [9.17, 15) is 9.13 Å². The fourth-order valence-electron chi connectivity index (χ4n) is 1.01. The van der Waals surface area contributed by atoms with Crippen molar-refractivity contribution in [2.75, 3.05) is 0 Å². The molecule has 0 fully saturated rings. The van der Waals surface area contributed by atoms with Gasteiger partial charge in [-0.05, 0) is 12.3 Å². The minimum Gasteiger partial charge on any atom is -0.323 e. The van der Waals surface area contributed by atoms with Crippen molar-refractivity contribution in [2.45, 2.75) is 25.3 Å². The standard InChI is InChI=1S/C5H15NO6P2/c1-4(2)3-5(6,13(7,8)9)14(10,11)12/h4H,3,6H2,1-2H3,(H2,7,8,9)(H2,10,11,12). The molecule has 0 unspecified atom stereocenters. The molecule has 0 aromatic carbocycles. The summed E-state index contributed by atoms with van der Waals surface area (Å²) in [5, 5.41) is -2.77. The van der Waals surface area contributed by atoms with Crippen molar-refractivity contribution in [2.24, 2.45) is 11.7 Å². The van der Waals surface area contributed by atoms with Gasteiger partial charge in [-0.15, -0.1) is 0 Å². The van der Waals surface area contributed by atoms with E-state index in [1.165, 1.54) is 0 Å². The van der Waals surface area contributed by atoms with E-state index in [2.05, 4.69) is 0 Å². The van der Waals surface area contributed by atoms with Crippen LogP contribution in [0.5, 0.6) is 0 Å². The van der Waals surface area contributed by atoms with Gasteiger partial charge >= 0.3 is 15.2 Å². The van der Waals surface area contributed by atoms with Crippen LogP contribution in [0, 0.1) is 5.92 Å². The number of hydrogen-bond acceptors (Lipinski definition) is 3. The lowest BCUT2D eigenvalue weighted by atomic mass is 10.1. The van der Waals surface area contributed by atoms with Crippen LogP contribution in [0.3, 0.4) is 0 Å². The highest BCUT2D eigenvalue weighted by atomic mass is 31.2. The van der Waals surface area contributed by atoms with Crippen LogP contribution in [-0.2, 0) is 9.13 Å². The van der Waals surface area contributed by atoms with E-state index in [1.807, 2.05) is 0 Å². The van der Waals surface area contributed by atoms with Crippen molar-refractivity contribution in [1.29, 1.82) is 0 Å². The Kier molecular flexibility index (Phi) is 4.10. The summed E-state index contributed by atoms with van der Waals surface area (Å²) >= 11 is 0. The molecule has 0 aromatic heterocycles. The fraction of sp³-hybridized carbons (Fsp3) is 1.00. The molecule has 0 bridgehead atoms. The molecule has 0 amide bonds. The Labute approximate surface area is 81.6 Å². The number of hydrogen-bond donors (Lipinski definition) is 5. The molecule has 9 heteroatoms. The zero-order chi connectivity index (χ0) is 11.8. The van der Waals surface area contributed by atoms with Crippen molar-refractivity contribution >= 4 is 15.2 Å². The van der Waals surface area contributed by atoms with Gasteiger partial charge in [0.15, 0.2) is 0 Å². The van der Waals surface area contributed by atoms with Gasteiger partial charge in [0.1, 0.15) is 0 Å². The second kappa shape index (κ2) is 4.02. The molecule has 0 spiro atoms. The second-order valence-electron chi connectivity index (χ2n) is 3.56. The van der Waals surface area contributed by atoms with Gasteiger partial charge in [-0.25, -0.2) is 0 Å². The summed E-state index contributed by atoms with van der Waals surface area (Å²) in [5.41, 5.74) is 5.13. The van der Waals surface area contributed by atoms with Gasteiger partial charge in [-0.2, -0.15) is 0 Å². The van der Waals surface area contributed by atoms with E-state index >= 15 is 0 Å². The highest BCUT2D eigenvalue weighted by Gasteiger charge is 2.57. The fourth-order valence-corrected chi connectivity index (χ4v) is 3.57. The predicted octanol–water partition coefficient (Wildman–Crippen LogP) is 0.000400.